The average Bonchev–Trinajstić information content (AvgIpc) is 2.52. The normalized spacial score (nSPS) is 14.0. The first kappa shape index (κ1) is 26.1. The van der Waals surface area contributed by atoms with E-state index in [0.29, 0.717) is 13.0 Å². The predicted octanol–water partition coefficient (Wildman–Crippen LogP) is 0.702. The Balaban J connectivity index is 5.39. The zero-order valence-electron chi connectivity index (χ0n) is 17.8. The number of rotatable bonds is 8. The van der Waals surface area contributed by atoms with Gasteiger partial charge < -0.3 is 31.4 Å². The molecule has 0 saturated carbocycles. The van der Waals surface area contributed by atoms with Crippen molar-refractivity contribution in [2.24, 2.45) is 11.5 Å². The summed E-state index contributed by atoms with van der Waals surface area (Å²) in [5.41, 5.74) is 9.75. The van der Waals surface area contributed by atoms with E-state index in [9.17, 15) is 19.5 Å². The van der Waals surface area contributed by atoms with E-state index in [-0.39, 0.29) is 13.0 Å². The van der Waals surface area contributed by atoms with Gasteiger partial charge in [0, 0.05) is 6.54 Å². The summed E-state index contributed by atoms with van der Waals surface area (Å²) < 4.78 is 10.4. The van der Waals surface area contributed by atoms with Gasteiger partial charge in [-0.1, -0.05) is 0 Å². The van der Waals surface area contributed by atoms with Crippen LogP contribution in [0.2, 0.25) is 0 Å². The van der Waals surface area contributed by atoms with Crippen molar-refractivity contribution in [1.29, 1.82) is 0 Å². The van der Waals surface area contributed by atoms with Gasteiger partial charge in [-0.15, -0.1) is 0 Å². The zero-order chi connectivity index (χ0) is 22.1. The number of carbonyl (C=O) groups is 3. The average molecular weight is 405 g/mol. The summed E-state index contributed by atoms with van der Waals surface area (Å²) in [5, 5.41) is 12.2. The van der Waals surface area contributed by atoms with Crippen LogP contribution in [0.5, 0.6) is 0 Å². The molecule has 0 spiro atoms. The van der Waals surface area contributed by atoms with E-state index in [0.717, 1.165) is 4.90 Å². The smallest absolute Gasteiger partial charge is 0.417 e. The molecule has 0 aliphatic carbocycles. The van der Waals surface area contributed by atoms with Crippen molar-refractivity contribution in [3.05, 3.63) is 0 Å². The number of carbonyl (C=O) groups excluding carboxylic acids is 3. The van der Waals surface area contributed by atoms with Crippen molar-refractivity contribution in [1.82, 2.24) is 10.2 Å². The lowest BCUT2D eigenvalue weighted by atomic mass is 10.1. The minimum atomic E-state index is -1.07. The summed E-state index contributed by atoms with van der Waals surface area (Å²) in [7, 11) is 0. The molecule has 0 heterocycles. The second-order valence-corrected chi connectivity index (χ2v) is 8.45. The summed E-state index contributed by atoms with van der Waals surface area (Å²) in [6.45, 7) is 9.56. The Morgan fingerprint density at radius 1 is 1.07 bits per heavy atom. The molecule has 2 atom stereocenters. The third kappa shape index (κ3) is 10.4. The first-order valence-corrected chi connectivity index (χ1v) is 9.31. The Morgan fingerprint density at radius 2 is 1.61 bits per heavy atom. The van der Waals surface area contributed by atoms with Gasteiger partial charge in [0.2, 0.25) is 5.91 Å². The molecule has 0 aromatic carbocycles. The van der Waals surface area contributed by atoms with E-state index in [1.807, 2.05) is 0 Å². The van der Waals surface area contributed by atoms with Gasteiger partial charge in [-0.05, 0) is 60.9 Å². The van der Waals surface area contributed by atoms with Crippen LogP contribution < -0.4 is 16.8 Å². The number of imide groups is 1. The molecule has 0 aliphatic heterocycles. The first-order chi connectivity index (χ1) is 12.7. The van der Waals surface area contributed by atoms with Gasteiger partial charge in [0.15, 0.2) is 0 Å². The first-order valence-electron chi connectivity index (χ1n) is 9.31. The molecule has 3 amide bonds. The van der Waals surface area contributed by atoms with Crippen LogP contribution in [-0.4, -0.2) is 71.1 Å². The summed E-state index contributed by atoms with van der Waals surface area (Å²) in [6, 6.07) is -2.06. The fourth-order valence-corrected chi connectivity index (χ4v) is 2.12. The molecule has 28 heavy (non-hydrogen) atoms. The molecule has 0 rings (SSSR count). The van der Waals surface area contributed by atoms with E-state index in [2.05, 4.69) is 5.32 Å². The maximum absolute atomic E-state index is 12.8. The molecule has 0 aromatic heterocycles. The molecule has 0 aliphatic rings. The quantitative estimate of drug-likeness (QED) is 0.460. The predicted molar refractivity (Wildman–Crippen MR) is 104 cm³/mol. The van der Waals surface area contributed by atoms with Gasteiger partial charge in [-0.25, -0.2) is 14.5 Å². The second kappa shape index (κ2) is 11.2. The van der Waals surface area contributed by atoms with E-state index in [4.69, 9.17) is 20.9 Å². The second-order valence-electron chi connectivity index (χ2n) is 8.45. The maximum atomic E-state index is 12.8. The van der Waals surface area contributed by atoms with Crippen LogP contribution in [0.4, 0.5) is 9.59 Å². The minimum Gasteiger partial charge on any atom is -0.444 e. The Kier molecular flexibility index (Phi) is 10.4. The molecule has 164 valence electrons. The van der Waals surface area contributed by atoms with Gasteiger partial charge in [0.1, 0.15) is 11.2 Å². The lowest BCUT2D eigenvalue weighted by molar-refractivity contribution is -0.134. The molecule has 0 saturated heterocycles. The van der Waals surface area contributed by atoms with Gasteiger partial charge in [-0.2, -0.15) is 0 Å². The Hall–Kier alpha value is -1.91. The lowest BCUT2D eigenvalue weighted by Crippen LogP contribution is -2.57. The largest absolute Gasteiger partial charge is 0.444 e. The van der Waals surface area contributed by atoms with Crippen LogP contribution in [0.3, 0.4) is 0 Å². The molecule has 6 N–H and O–H groups in total. The molecular weight excluding hydrogens is 368 g/mol. The van der Waals surface area contributed by atoms with Crippen LogP contribution in [0.25, 0.3) is 0 Å². The number of alkyl carbamates (subject to hydrolysis) is 1. The van der Waals surface area contributed by atoms with Crippen molar-refractivity contribution in [3.8, 4) is 0 Å². The van der Waals surface area contributed by atoms with Crippen LogP contribution in [0, 0.1) is 0 Å². The molecule has 10 heteroatoms. The highest BCUT2D eigenvalue weighted by molar-refractivity contribution is 5.95. The monoisotopic (exact) mass is 404 g/mol. The SMILES string of the molecule is CC(C)(C)OC(=O)NC[C@@H](CO)N(C(=O)OC(C)(C)C)C(=O)[C@H](N)CCCN. The van der Waals surface area contributed by atoms with Gasteiger partial charge in [-0.3, -0.25) is 4.79 Å². The number of hydrogen-bond donors (Lipinski definition) is 4. The van der Waals surface area contributed by atoms with Crippen LogP contribution in [-0.2, 0) is 14.3 Å². The van der Waals surface area contributed by atoms with E-state index in [1.54, 1.807) is 41.5 Å². The lowest BCUT2D eigenvalue weighted by Gasteiger charge is -2.33. The Labute approximate surface area is 166 Å². The number of amides is 3. The number of aliphatic hydroxyl groups excluding tert-OH is 1. The van der Waals surface area contributed by atoms with E-state index < -0.39 is 48.0 Å². The fraction of sp³-hybridized carbons (Fsp3) is 0.833. The summed E-state index contributed by atoms with van der Waals surface area (Å²) in [5.74, 6) is -0.715. The van der Waals surface area contributed by atoms with Crippen molar-refractivity contribution in [2.45, 2.75) is 77.7 Å². The molecule has 0 radical (unpaired) electrons. The third-order valence-electron chi connectivity index (χ3n) is 3.32. The highest BCUT2D eigenvalue weighted by Crippen LogP contribution is 2.14. The highest BCUT2D eigenvalue weighted by Gasteiger charge is 2.36. The van der Waals surface area contributed by atoms with Gasteiger partial charge in [0.05, 0.1) is 18.7 Å². The molecule has 0 aromatic rings. The maximum Gasteiger partial charge on any atom is 0.417 e. The van der Waals surface area contributed by atoms with Crippen LogP contribution >= 0.6 is 0 Å². The van der Waals surface area contributed by atoms with Crippen molar-refractivity contribution >= 4 is 18.1 Å². The summed E-state index contributed by atoms with van der Waals surface area (Å²) in [6.07, 6.45) is -0.929. The van der Waals surface area contributed by atoms with Crippen LogP contribution in [0.1, 0.15) is 54.4 Å². The standard InChI is InChI=1S/C18H36N4O6/c1-17(2,3)27-15(25)21-10-12(11-23)22(16(26)28-18(4,5)6)14(24)13(20)8-7-9-19/h12-13,23H,7-11,19-20H2,1-6H3,(H,21,25)/t12-,13+/m0/s1. The van der Waals surface area contributed by atoms with Crippen molar-refractivity contribution < 1.29 is 29.0 Å². The molecule has 0 unspecified atom stereocenters. The summed E-state index contributed by atoms with van der Waals surface area (Å²) >= 11 is 0. The minimum absolute atomic E-state index is 0.222. The Morgan fingerprint density at radius 3 is 2.04 bits per heavy atom. The number of nitrogens with one attached hydrogen (secondary N) is 1. The number of hydrogen-bond acceptors (Lipinski definition) is 8. The molecule has 0 fully saturated rings. The molecule has 0 bridgehead atoms. The third-order valence-corrected chi connectivity index (χ3v) is 3.32. The number of nitrogens with zero attached hydrogens (tertiary/aromatic N) is 1. The number of aliphatic hydroxyl groups is 1. The van der Waals surface area contributed by atoms with Gasteiger partial charge in [0.25, 0.3) is 0 Å². The highest BCUT2D eigenvalue weighted by atomic mass is 16.6. The van der Waals surface area contributed by atoms with Gasteiger partial charge >= 0.3 is 12.2 Å². The summed E-state index contributed by atoms with van der Waals surface area (Å²) in [4.78, 5) is 38.0. The number of ether oxygens (including phenoxy) is 2. The van der Waals surface area contributed by atoms with E-state index >= 15 is 0 Å². The molecule has 10 nitrogen and oxygen atoms in total. The van der Waals surface area contributed by atoms with Crippen molar-refractivity contribution in [2.75, 3.05) is 19.7 Å². The van der Waals surface area contributed by atoms with Crippen LogP contribution in [0.15, 0.2) is 0 Å². The topological polar surface area (TPSA) is 157 Å². The molecular formula is C18H36N4O6. The fourth-order valence-electron chi connectivity index (χ4n) is 2.12. The Bertz CT molecular complexity index is 527. The zero-order valence-corrected chi connectivity index (χ0v) is 17.8. The van der Waals surface area contributed by atoms with Crippen molar-refractivity contribution in [3.63, 3.8) is 0 Å². The number of nitrogens with two attached hydrogens (primary N) is 2. The van der Waals surface area contributed by atoms with E-state index in [1.165, 1.54) is 0 Å².